The van der Waals surface area contributed by atoms with E-state index in [9.17, 15) is 0 Å². The molecule has 0 aliphatic rings. The molecule has 13 heavy (non-hydrogen) atoms. The standard InChI is InChI=1S/C8H15Cl2NO2/c1-12-6-8(13-2)5-11-4-7(10)3-9/h3,8,11H,4-6H2,1-2H3. The van der Waals surface area contributed by atoms with Crippen molar-refractivity contribution in [3.05, 3.63) is 10.6 Å². The number of hydrogen-bond donors (Lipinski definition) is 1. The molecule has 0 aromatic heterocycles. The first-order valence-corrected chi connectivity index (χ1v) is 4.73. The van der Waals surface area contributed by atoms with Gasteiger partial charge in [-0.3, -0.25) is 0 Å². The van der Waals surface area contributed by atoms with Gasteiger partial charge in [0.25, 0.3) is 0 Å². The molecule has 0 bridgehead atoms. The molecule has 0 amide bonds. The second kappa shape index (κ2) is 8.78. The van der Waals surface area contributed by atoms with Gasteiger partial charge in [-0.1, -0.05) is 23.2 Å². The second-order valence-electron chi connectivity index (χ2n) is 2.50. The molecule has 0 spiro atoms. The molecule has 0 rings (SSSR count). The molecule has 0 fully saturated rings. The molecule has 3 nitrogen and oxygen atoms in total. The van der Waals surface area contributed by atoms with Crippen LogP contribution in [-0.4, -0.2) is 40.0 Å². The van der Waals surface area contributed by atoms with E-state index in [0.29, 0.717) is 24.7 Å². The maximum absolute atomic E-state index is 5.66. The Morgan fingerprint density at radius 3 is 2.69 bits per heavy atom. The largest absolute Gasteiger partial charge is 0.382 e. The van der Waals surface area contributed by atoms with Crippen LogP contribution in [0.3, 0.4) is 0 Å². The van der Waals surface area contributed by atoms with Gasteiger partial charge in [-0.2, -0.15) is 0 Å². The van der Waals surface area contributed by atoms with Gasteiger partial charge in [0.05, 0.1) is 12.7 Å². The summed E-state index contributed by atoms with van der Waals surface area (Å²) in [4.78, 5) is 0. The summed E-state index contributed by atoms with van der Waals surface area (Å²) in [5.41, 5.74) is 1.34. The van der Waals surface area contributed by atoms with Crippen LogP contribution >= 0.6 is 23.2 Å². The summed E-state index contributed by atoms with van der Waals surface area (Å²) >= 11 is 11.0. The Morgan fingerprint density at radius 1 is 1.54 bits per heavy atom. The maximum atomic E-state index is 5.66. The Kier molecular flexibility index (Phi) is 8.92. The third kappa shape index (κ3) is 7.28. The molecule has 1 N–H and O–H groups in total. The smallest absolute Gasteiger partial charge is 0.0928 e. The Bertz CT molecular complexity index is 153. The lowest BCUT2D eigenvalue weighted by Gasteiger charge is -2.14. The molecule has 0 radical (unpaired) electrons. The van der Waals surface area contributed by atoms with Crippen molar-refractivity contribution in [2.24, 2.45) is 0 Å². The van der Waals surface area contributed by atoms with Gasteiger partial charge < -0.3 is 14.8 Å². The van der Waals surface area contributed by atoms with E-state index in [1.165, 1.54) is 5.54 Å². The van der Waals surface area contributed by atoms with Crippen LogP contribution in [0.2, 0.25) is 0 Å². The number of hydrogen-bond acceptors (Lipinski definition) is 3. The van der Waals surface area contributed by atoms with Gasteiger partial charge in [-0.25, -0.2) is 0 Å². The van der Waals surface area contributed by atoms with Crippen LogP contribution in [0, 0.1) is 0 Å². The monoisotopic (exact) mass is 227 g/mol. The lowest BCUT2D eigenvalue weighted by molar-refractivity contribution is 0.0295. The predicted octanol–water partition coefficient (Wildman–Crippen LogP) is 1.56. The predicted molar refractivity (Wildman–Crippen MR) is 55.3 cm³/mol. The minimum absolute atomic E-state index is 0.0461. The van der Waals surface area contributed by atoms with E-state index in [0.717, 1.165) is 0 Å². The van der Waals surface area contributed by atoms with Crippen molar-refractivity contribution in [2.45, 2.75) is 6.10 Å². The van der Waals surface area contributed by atoms with Crippen LogP contribution < -0.4 is 5.32 Å². The van der Waals surface area contributed by atoms with E-state index in [1.54, 1.807) is 14.2 Å². The van der Waals surface area contributed by atoms with E-state index in [1.807, 2.05) is 0 Å². The van der Waals surface area contributed by atoms with Crippen molar-refractivity contribution in [1.29, 1.82) is 0 Å². The van der Waals surface area contributed by atoms with Crippen LogP contribution in [0.25, 0.3) is 0 Å². The highest BCUT2D eigenvalue weighted by molar-refractivity contribution is 6.36. The third-order valence-electron chi connectivity index (χ3n) is 1.47. The molecule has 1 atom stereocenters. The van der Waals surface area contributed by atoms with Crippen LogP contribution in [0.5, 0.6) is 0 Å². The first-order chi connectivity index (χ1) is 6.24. The van der Waals surface area contributed by atoms with Crippen molar-refractivity contribution >= 4 is 23.2 Å². The average Bonchev–Trinajstić information content (AvgIpc) is 2.16. The summed E-state index contributed by atoms with van der Waals surface area (Å²) in [5.74, 6) is 0. The van der Waals surface area contributed by atoms with Gasteiger partial charge in [0.2, 0.25) is 0 Å². The van der Waals surface area contributed by atoms with Gasteiger partial charge >= 0.3 is 0 Å². The van der Waals surface area contributed by atoms with Crippen molar-refractivity contribution in [3.8, 4) is 0 Å². The van der Waals surface area contributed by atoms with E-state index >= 15 is 0 Å². The Labute approximate surface area is 89.0 Å². The molecular formula is C8H15Cl2NO2. The van der Waals surface area contributed by atoms with Gasteiger partial charge in [0.15, 0.2) is 0 Å². The number of ether oxygens (including phenoxy) is 2. The number of halogens is 2. The number of methoxy groups -OCH3 is 2. The van der Waals surface area contributed by atoms with Crippen molar-refractivity contribution in [1.82, 2.24) is 5.32 Å². The summed E-state index contributed by atoms with van der Waals surface area (Å²) in [7, 11) is 3.28. The molecule has 0 aliphatic carbocycles. The molecule has 0 saturated heterocycles. The molecule has 0 aliphatic heterocycles. The normalized spacial score (nSPS) is 14.6. The summed E-state index contributed by atoms with van der Waals surface area (Å²) in [6.07, 6.45) is 0.0461. The topological polar surface area (TPSA) is 30.5 Å². The third-order valence-corrected chi connectivity index (χ3v) is 2.09. The molecule has 5 heteroatoms. The second-order valence-corrected chi connectivity index (χ2v) is 3.20. The van der Waals surface area contributed by atoms with Crippen molar-refractivity contribution in [3.63, 3.8) is 0 Å². The molecular weight excluding hydrogens is 213 g/mol. The maximum Gasteiger partial charge on any atom is 0.0928 e. The van der Waals surface area contributed by atoms with Crippen molar-refractivity contribution < 1.29 is 9.47 Å². The molecule has 0 saturated carbocycles. The molecule has 78 valence electrons. The summed E-state index contributed by atoms with van der Waals surface area (Å²) < 4.78 is 10.1. The van der Waals surface area contributed by atoms with E-state index < -0.39 is 0 Å². The van der Waals surface area contributed by atoms with Crippen LogP contribution in [-0.2, 0) is 9.47 Å². The Balaban J connectivity index is 3.48. The molecule has 1 unspecified atom stereocenters. The van der Waals surface area contributed by atoms with Crippen molar-refractivity contribution in [2.75, 3.05) is 33.9 Å². The zero-order valence-electron chi connectivity index (χ0n) is 7.85. The SMILES string of the molecule is COCC(CNCC(Cl)=CCl)OC. The fourth-order valence-electron chi connectivity index (χ4n) is 0.787. The van der Waals surface area contributed by atoms with Crippen LogP contribution in [0.15, 0.2) is 10.6 Å². The number of nitrogens with one attached hydrogen (secondary N) is 1. The van der Waals surface area contributed by atoms with Crippen LogP contribution in [0.4, 0.5) is 0 Å². The minimum atomic E-state index is 0.0461. The Hall–Kier alpha value is 0.200. The fraction of sp³-hybridized carbons (Fsp3) is 0.750. The average molecular weight is 228 g/mol. The van der Waals surface area contributed by atoms with Gasteiger partial charge in [0, 0.05) is 37.9 Å². The van der Waals surface area contributed by atoms with Gasteiger partial charge in [-0.15, -0.1) is 0 Å². The number of rotatable bonds is 7. The zero-order chi connectivity index (χ0) is 10.1. The van der Waals surface area contributed by atoms with E-state index in [4.69, 9.17) is 32.7 Å². The van der Waals surface area contributed by atoms with Gasteiger partial charge in [0.1, 0.15) is 0 Å². The quantitative estimate of drug-likeness (QED) is 0.717. The summed E-state index contributed by atoms with van der Waals surface area (Å²) in [6, 6.07) is 0. The lowest BCUT2D eigenvalue weighted by atomic mass is 10.3. The molecule has 0 aromatic rings. The molecule has 0 heterocycles. The fourth-order valence-corrected chi connectivity index (χ4v) is 0.959. The first kappa shape index (κ1) is 13.2. The lowest BCUT2D eigenvalue weighted by Crippen LogP contribution is -2.32. The molecule has 0 aromatic carbocycles. The summed E-state index contributed by atoms with van der Waals surface area (Å²) in [6.45, 7) is 1.80. The minimum Gasteiger partial charge on any atom is -0.382 e. The first-order valence-electron chi connectivity index (χ1n) is 3.91. The highest BCUT2D eigenvalue weighted by atomic mass is 35.5. The highest BCUT2D eigenvalue weighted by Gasteiger charge is 2.05. The zero-order valence-corrected chi connectivity index (χ0v) is 9.36. The Morgan fingerprint density at radius 2 is 2.23 bits per heavy atom. The van der Waals surface area contributed by atoms with E-state index in [-0.39, 0.29) is 6.10 Å². The summed E-state index contributed by atoms with van der Waals surface area (Å²) in [5, 5.41) is 3.66. The van der Waals surface area contributed by atoms with Gasteiger partial charge in [-0.05, 0) is 0 Å². The van der Waals surface area contributed by atoms with E-state index in [2.05, 4.69) is 5.32 Å². The van der Waals surface area contributed by atoms with Crippen LogP contribution in [0.1, 0.15) is 0 Å². The highest BCUT2D eigenvalue weighted by Crippen LogP contribution is 2.00.